The first kappa shape index (κ1) is 24.4. The molecule has 2 unspecified atom stereocenters. The molecule has 166 valence electrons. The van der Waals surface area contributed by atoms with Gasteiger partial charge in [0.2, 0.25) is 0 Å². The van der Waals surface area contributed by atoms with Gasteiger partial charge in [-0.25, -0.2) is 0 Å². The molecule has 2 aliphatic rings. The second-order valence-electron chi connectivity index (χ2n) is 8.84. The summed E-state index contributed by atoms with van der Waals surface area (Å²) >= 11 is 0. The van der Waals surface area contributed by atoms with Crippen molar-refractivity contribution in [2.75, 3.05) is 39.3 Å². The summed E-state index contributed by atoms with van der Waals surface area (Å²) in [7, 11) is 2.00. The summed E-state index contributed by atoms with van der Waals surface area (Å²) in [5, 5.41) is 7.90. The van der Waals surface area contributed by atoms with Crippen LogP contribution in [-0.2, 0) is 7.05 Å². The van der Waals surface area contributed by atoms with Crippen molar-refractivity contribution >= 4 is 29.9 Å². The van der Waals surface area contributed by atoms with Crippen LogP contribution >= 0.6 is 24.0 Å². The van der Waals surface area contributed by atoms with Gasteiger partial charge in [0.05, 0.1) is 12.7 Å². The van der Waals surface area contributed by atoms with Crippen LogP contribution in [0.3, 0.4) is 0 Å². The van der Waals surface area contributed by atoms with Crippen LogP contribution in [-0.4, -0.2) is 70.9 Å². The molecule has 1 aromatic rings. The summed E-state index contributed by atoms with van der Waals surface area (Å²) < 4.78 is 1.91. The van der Waals surface area contributed by atoms with E-state index in [0.717, 1.165) is 32.1 Å². The lowest BCUT2D eigenvalue weighted by Gasteiger charge is -2.33. The third kappa shape index (κ3) is 6.84. The number of hydrogen-bond donors (Lipinski definition) is 1. The lowest BCUT2D eigenvalue weighted by Crippen LogP contribution is -2.44. The molecular formula is C22H41IN6. The molecule has 2 aliphatic heterocycles. The molecule has 0 amide bonds. The van der Waals surface area contributed by atoms with Crippen molar-refractivity contribution in [1.82, 2.24) is 24.9 Å². The number of nitrogens with zero attached hydrogens (tertiary/aromatic N) is 5. The Balaban J connectivity index is 0.00000300. The van der Waals surface area contributed by atoms with Crippen LogP contribution in [0.5, 0.6) is 0 Å². The predicted octanol–water partition coefficient (Wildman–Crippen LogP) is 3.69. The fourth-order valence-electron chi connectivity index (χ4n) is 4.66. The van der Waals surface area contributed by atoms with Crippen molar-refractivity contribution in [3.8, 4) is 0 Å². The van der Waals surface area contributed by atoms with Crippen molar-refractivity contribution < 1.29 is 0 Å². The molecule has 0 aromatic carbocycles. The van der Waals surface area contributed by atoms with E-state index < -0.39 is 0 Å². The molecule has 0 bridgehead atoms. The van der Waals surface area contributed by atoms with Gasteiger partial charge in [-0.3, -0.25) is 14.6 Å². The van der Waals surface area contributed by atoms with Gasteiger partial charge in [0.15, 0.2) is 5.96 Å². The number of rotatable bonds is 6. The van der Waals surface area contributed by atoms with E-state index in [4.69, 9.17) is 4.99 Å². The first-order chi connectivity index (χ1) is 13.6. The van der Waals surface area contributed by atoms with Crippen molar-refractivity contribution in [3.05, 3.63) is 18.0 Å². The Labute approximate surface area is 194 Å². The molecule has 29 heavy (non-hydrogen) atoms. The minimum absolute atomic E-state index is 0. The predicted molar refractivity (Wildman–Crippen MR) is 132 cm³/mol. The average Bonchev–Trinajstić information content (AvgIpc) is 3.24. The second-order valence-corrected chi connectivity index (χ2v) is 8.84. The Morgan fingerprint density at radius 1 is 1.21 bits per heavy atom. The molecule has 3 rings (SSSR count). The Hall–Kier alpha value is -0.830. The molecule has 6 nitrogen and oxygen atoms in total. The average molecular weight is 517 g/mol. The van der Waals surface area contributed by atoms with Gasteiger partial charge in [-0.2, -0.15) is 5.10 Å². The maximum absolute atomic E-state index is 5.13. The molecule has 0 saturated carbocycles. The van der Waals surface area contributed by atoms with E-state index in [0.29, 0.717) is 17.9 Å². The zero-order chi connectivity index (χ0) is 19.9. The smallest absolute Gasteiger partial charge is 0.193 e. The van der Waals surface area contributed by atoms with Gasteiger partial charge in [0.25, 0.3) is 0 Å². The van der Waals surface area contributed by atoms with E-state index in [9.17, 15) is 0 Å². The van der Waals surface area contributed by atoms with Gasteiger partial charge in [-0.1, -0.05) is 26.7 Å². The zero-order valence-corrected chi connectivity index (χ0v) is 21.1. The van der Waals surface area contributed by atoms with E-state index in [1.807, 2.05) is 17.9 Å². The SMILES string of the molecule is CCNC(=NCC(C(C)C)N1CCCCCC1)N1CCC(c2cnn(C)c2)C1.I. The molecule has 0 aliphatic carbocycles. The number of halogens is 1. The number of guanidine groups is 1. The highest BCUT2D eigenvalue weighted by atomic mass is 127. The van der Waals surface area contributed by atoms with Crippen LogP contribution in [0.1, 0.15) is 64.4 Å². The number of aryl methyl sites for hydroxylation is 1. The van der Waals surface area contributed by atoms with Gasteiger partial charge in [-0.15, -0.1) is 24.0 Å². The minimum Gasteiger partial charge on any atom is -0.357 e. The van der Waals surface area contributed by atoms with Crippen LogP contribution in [0.15, 0.2) is 17.4 Å². The highest BCUT2D eigenvalue weighted by Crippen LogP contribution is 2.27. The van der Waals surface area contributed by atoms with Crippen LogP contribution in [0.4, 0.5) is 0 Å². The number of aromatic nitrogens is 2. The number of likely N-dealkylation sites (tertiary alicyclic amines) is 2. The quantitative estimate of drug-likeness (QED) is 0.356. The standard InChI is InChI=1S/C22H40N6.HI/c1-5-23-22(28-13-10-19(17-28)20-14-25-26(4)16-20)24-15-21(18(2)3)27-11-8-6-7-9-12-27;/h14,16,18-19,21H,5-13,15,17H2,1-4H3,(H,23,24);1H. The first-order valence-electron chi connectivity index (χ1n) is 11.3. The molecule has 1 aromatic heterocycles. The largest absolute Gasteiger partial charge is 0.357 e. The maximum Gasteiger partial charge on any atom is 0.193 e. The van der Waals surface area contributed by atoms with Crippen molar-refractivity contribution in [3.63, 3.8) is 0 Å². The van der Waals surface area contributed by atoms with Crippen LogP contribution in [0.25, 0.3) is 0 Å². The number of hydrogen-bond acceptors (Lipinski definition) is 3. The minimum atomic E-state index is 0. The van der Waals surface area contributed by atoms with Crippen LogP contribution < -0.4 is 5.32 Å². The lowest BCUT2D eigenvalue weighted by atomic mass is 10.0. The van der Waals surface area contributed by atoms with E-state index in [1.54, 1.807) is 0 Å². The summed E-state index contributed by atoms with van der Waals surface area (Å²) in [6.07, 6.45) is 10.8. The van der Waals surface area contributed by atoms with Crippen LogP contribution in [0, 0.1) is 5.92 Å². The van der Waals surface area contributed by atoms with Crippen LogP contribution in [0.2, 0.25) is 0 Å². The molecule has 7 heteroatoms. The van der Waals surface area contributed by atoms with E-state index in [-0.39, 0.29) is 24.0 Å². The summed E-state index contributed by atoms with van der Waals surface area (Å²) in [5.41, 5.74) is 1.35. The summed E-state index contributed by atoms with van der Waals surface area (Å²) in [6.45, 7) is 13.3. The lowest BCUT2D eigenvalue weighted by molar-refractivity contribution is 0.165. The maximum atomic E-state index is 5.13. The summed E-state index contributed by atoms with van der Waals surface area (Å²) in [5.74, 6) is 2.28. The third-order valence-electron chi connectivity index (χ3n) is 6.33. The van der Waals surface area contributed by atoms with Crippen molar-refractivity contribution in [2.24, 2.45) is 18.0 Å². The van der Waals surface area contributed by atoms with Crippen molar-refractivity contribution in [2.45, 2.75) is 64.8 Å². The van der Waals surface area contributed by atoms with Gasteiger partial charge >= 0.3 is 0 Å². The molecule has 2 saturated heterocycles. The van der Waals surface area contributed by atoms with Crippen molar-refractivity contribution in [1.29, 1.82) is 0 Å². The van der Waals surface area contributed by atoms with Gasteiger partial charge < -0.3 is 10.2 Å². The second kappa shape index (κ2) is 12.1. The Morgan fingerprint density at radius 3 is 2.52 bits per heavy atom. The van der Waals surface area contributed by atoms with E-state index in [1.165, 1.54) is 50.8 Å². The topological polar surface area (TPSA) is 48.7 Å². The molecule has 3 heterocycles. The highest BCUT2D eigenvalue weighted by Gasteiger charge is 2.28. The fraction of sp³-hybridized carbons (Fsp3) is 0.818. The number of aliphatic imine (C=N–C) groups is 1. The van der Waals surface area contributed by atoms with Gasteiger partial charge in [0, 0.05) is 44.8 Å². The first-order valence-corrected chi connectivity index (χ1v) is 11.3. The van der Waals surface area contributed by atoms with Gasteiger partial charge in [-0.05, 0) is 50.8 Å². The molecule has 0 radical (unpaired) electrons. The molecule has 0 spiro atoms. The number of nitrogens with one attached hydrogen (secondary N) is 1. The molecular weight excluding hydrogens is 475 g/mol. The Morgan fingerprint density at radius 2 is 1.93 bits per heavy atom. The zero-order valence-electron chi connectivity index (χ0n) is 18.8. The summed E-state index contributed by atoms with van der Waals surface area (Å²) in [6, 6.07) is 0.545. The molecule has 2 fully saturated rings. The fourth-order valence-corrected chi connectivity index (χ4v) is 4.66. The van der Waals surface area contributed by atoms with Gasteiger partial charge in [0.1, 0.15) is 0 Å². The molecule has 2 atom stereocenters. The summed E-state index contributed by atoms with van der Waals surface area (Å²) in [4.78, 5) is 10.3. The van der Waals surface area contributed by atoms with E-state index >= 15 is 0 Å². The Kier molecular flexibility index (Phi) is 10.2. The monoisotopic (exact) mass is 516 g/mol. The third-order valence-corrected chi connectivity index (χ3v) is 6.33. The highest BCUT2D eigenvalue weighted by molar-refractivity contribution is 14.0. The van der Waals surface area contributed by atoms with E-state index in [2.05, 4.69) is 47.2 Å². The Bertz CT molecular complexity index is 621. The normalized spacial score (nSPS) is 22.4. The molecule has 1 N–H and O–H groups in total.